The number of esters is 1. The highest BCUT2D eigenvalue weighted by Gasteiger charge is 2.25. The molecule has 2 rings (SSSR count). The fraction of sp³-hybridized carbons (Fsp3) is 0.467. The van der Waals surface area contributed by atoms with E-state index in [0.29, 0.717) is 25.2 Å². The molecule has 0 aliphatic carbocycles. The van der Waals surface area contributed by atoms with Crippen molar-refractivity contribution in [3.63, 3.8) is 0 Å². The van der Waals surface area contributed by atoms with Crippen molar-refractivity contribution in [2.24, 2.45) is 0 Å². The number of carbonyl (C=O) groups excluding carboxylic acids is 2. The molecule has 0 aromatic heterocycles. The average Bonchev–Trinajstić information content (AvgIpc) is 2.39. The zero-order chi connectivity index (χ0) is 15.8. The number of rotatable bonds is 2. The Kier molecular flexibility index (Phi) is 6.52. The maximum absolute atomic E-state index is 11.3. The molecule has 21 heavy (non-hydrogen) atoms. The Labute approximate surface area is 123 Å². The SMILES string of the molecule is CC1Cc2cccc(O)c2C(=O)O1.CCOC(=O)OCC. The van der Waals surface area contributed by atoms with Crippen molar-refractivity contribution in [1.82, 2.24) is 0 Å². The molecule has 1 atom stereocenters. The van der Waals surface area contributed by atoms with Crippen LogP contribution in [-0.2, 0) is 20.6 Å². The van der Waals surface area contributed by atoms with Crippen LogP contribution < -0.4 is 0 Å². The number of aromatic hydroxyl groups is 1. The monoisotopic (exact) mass is 296 g/mol. The second-order valence-electron chi connectivity index (χ2n) is 4.35. The van der Waals surface area contributed by atoms with Crippen LogP contribution in [0, 0.1) is 0 Å². The molecule has 0 amide bonds. The van der Waals surface area contributed by atoms with Gasteiger partial charge in [-0.2, -0.15) is 0 Å². The van der Waals surface area contributed by atoms with Gasteiger partial charge in [0.15, 0.2) is 0 Å². The Balaban J connectivity index is 0.000000240. The van der Waals surface area contributed by atoms with Gasteiger partial charge in [-0.05, 0) is 32.4 Å². The van der Waals surface area contributed by atoms with Gasteiger partial charge in [0.1, 0.15) is 17.4 Å². The highest BCUT2D eigenvalue weighted by Crippen LogP contribution is 2.27. The second-order valence-corrected chi connectivity index (χ2v) is 4.35. The third kappa shape index (κ3) is 4.98. The van der Waals surface area contributed by atoms with E-state index in [4.69, 9.17) is 4.74 Å². The van der Waals surface area contributed by atoms with Crippen LogP contribution in [0.4, 0.5) is 4.79 Å². The summed E-state index contributed by atoms with van der Waals surface area (Å²) in [6.07, 6.45) is -0.00745. The summed E-state index contributed by atoms with van der Waals surface area (Å²) in [7, 11) is 0. The van der Waals surface area contributed by atoms with Gasteiger partial charge in [-0.1, -0.05) is 12.1 Å². The molecule has 0 saturated carbocycles. The van der Waals surface area contributed by atoms with Gasteiger partial charge in [0, 0.05) is 6.42 Å². The highest BCUT2D eigenvalue weighted by atomic mass is 16.7. The summed E-state index contributed by atoms with van der Waals surface area (Å²) in [6, 6.07) is 5.07. The van der Waals surface area contributed by atoms with E-state index >= 15 is 0 Å². The number of hydrogen-bond donors (Lipinski definition) is 1. The van der Waals surface area contributed by atoms with Crippen LogP contribution in [-0.4, -0.2) is 36.5 Å². The van der Waals surface area contributed by atoms with Gasteiger partial charge in [-0.25, -0.2) is 9.59 Å². The Morgan fingerprint density at radius 1 is 1.33 bits per heavy atom. The quantitative estimate of drug-likeness (QED) is 0.845. The minimum absolute atomic E-state index is 0.00870. The number of carbonyl (C=O) groups is 2. The number of phenols is 1. The minimum atomic E-state index is -0.588. The first-order valence-corrected chi connectivity index (χ1v) is 6.80. The van der Waals surface area contributed by atoms with Crippen LogP contribution in [0.3, 0.4) is 0 Å². The first-order valence-electron chi connectivity index (χ1n) is 6.80. The summed E-state index contributed by atoms with van der Waals surface area (Å²) < 4.78 is 13.8. The molecule has 1 aliphatic rings. The van der Waals surface area contributed by atoms with Crippen molar-refractivity contribution in [2.45, 2.75) is 33.3 Å². The molecule has 1 unspecified atom stereocenters. The van der Waals surface area contributed by atoms with Gasteiger partial charge in [0.25, 0.3) is 0 Å². The lowest BCUT2D eigenvalue weighted by Crippen LogP contribution is -2.24. The molecule has 0 spiro atoms. The van der Waals surface area contributed by atoms with Gasteiger partial charge < -0.3 is 19.3 Å². The summed E-state index contributed by atoms with van der Waals surface area (Å²) in [5, 5.41) is 9.41. The van der Waals surface area contributed by atoms with Crippen molar-refractivity contribution in [3.05, 3.63) is 29.3 Å². The lowest BCUT2D eigenvalue weighted by atomic mass is 9.98. The summed E-state index contributed by atoms with van der Waals surface area (Å²) in [6.45, 7) is 6.05. The van der Waals surface area contributed by atoms with E-state index < -0.39 is 12.1 Å². The fourth-order valence-electron chi connectivity index (χ4n) is 1.86. The van der Waals surface area contributed by atoms with Crippen LogP contribution in [0.25, 0.3) is 0 Å². The van der Waals surface area contributed by atoms with Gasteiger partial charge in [-0.15, -0.1) is 0 Å². The molecule has 1 aromatic carbocycles. The number of benzene rings is 1. The zero-order valence-corrected chi connectivity index (χ0v) is 12.4. The predicted molar refractivity (Wildman–Crippen MR) is 75.3 cm³/mol. The van der Waals surface area contributed by atoms with Crippen molar-refractivity contribution >= 4 is 12.1 Å². The molecule has 0 radical (unpaired) electrons. The Bertz CT molecular complexity index is 489. The maximum Gasteiger partial charge on any atom is 0.508 e. The molecule has 0 saturated heterocycles. The first-order chi connectivity index (χ1) is 9.99. The zero-order valence-electron chi connectivity index (χ0n) is 12.4. The van der Waals surface area contributed by atoms with E-state index in [1.807, 2.05) is 13.0 Å². The van der Waals surface area contributed by atoms with Crippen molar-refractivity contribution < 1.29 is 28.9 Å². The number of hydrogen-bond acceptors (Lipinski definition) is 6. The summed E-state index contributed by atoms with van der Waals surface area (Å²) in [5.74, 6) is -0.416. The van der Waals surface area contributed by atoms with Crippen molar-refractivity contribution in [1.29, 1.82) is 0 Å². The number of phenolic OH excluding ortho intramolecular Hbond substituents is 1. The third-order valence-electron chi connectivity index (χ3n) is 2.67. The van der Waals surface area contributed by atoms with Crippen LogP contribution in [0.5, 0.6) is 5.75 Å². The molecule has 1 N–H and O–H groups in total. The minimum Gasteiger partial charge on any atom is -0.507 e. The molecule has 1 aliphatic heterocycles. The van der Waals surface area contributed by atoms with Crippen LogP contribution in [0.1, 0.15) is 36.7 Å². The van der Waals surface area contributed by atoms with Crippen molar-refractivity contribution in [3.8, 4) is 5.75 Å². The van der Waals surface area contributed by atoms with E-state index in [0.717, 1.165) is 5.56 Å². The van der Waals surface area contributed by atoms with Gasteiger partial charge in [0.2, 0.25) is 0 Å². The topological polar surface area (TPSA) is 82.1 Å². The standard InChI is InChI=1S/C10H10O3.C5H10O3/c1-6-5-7-3-2-4-8(11)9(7)10(12)13-6;1-3-7-5(6)8-4-2/h2-4,6,11H,5H2,1H3;3-4H2,1-2H3. The van der Waals surface area contributed by atoms with Crippen LogP contribution in [0.15, 0.2) is 18.2 Å². The smallest absolute Gasteiger partial charge is 0.507 e. The average molecular weight is 296 g/mol. The second kappa shape index (κ2) is 8.14. The molecule has 0 fully saturated rings. The predicted octanol–water partition coefficient (Wildman–Crippen LogP) is 2.67. The van der Waals surface area contributed by atoms with Gasteiger partial charge in [0.05, 0.1) is 13.2 Å². The number of ether oxygens (including phenoxy) is 3. The van der Waals surface area contributed by atoms with Crippen molar-refractivity contribution in [2.75, 3.05) is 13.2 Å². The Morgan fingerprint density at radius 2 is 1.95 bits per heavy atom. The first kappa shape index (κ1) is 16.8. The van der Waals surface area contributed by atoms with E-state index in [1.54, 1.807) is 19.9 Å². The fourth-order valence-corrected chi connectivity index (χ4v) is 1.86. The lowest BCUT2D eigenvalue weighted by molar-refractivity contribution is 0.0297. The molecular formula is C15H20O6. The van der Waals surface area contributed by atoms with Crippen LogP contribution in [0.2, 0.25) is 0 Å². The van der Waals surface area contributed by atoms with Crippen LogP contribution >= 0.6 is 0 Å². The molecule has 1 heterocycles. The maximum atomic E-state index is 11.3. The van der Waals surface area contributed by atoms with E-state index in [-0.39, 0.29) is 11.9 Å². The normalized spacial score (nSPS) is 16.0. The number of fused-ring (bicyclic) bond motifs is 1. The van der Waals surface area contributed by atoms with E-state index in [1.165, 1.54) is 6.07 Å². The largest absolute Gasteiger partial charge is 0.508 e. The van der Waals surface area contributed by atoms with E-state index in [2.05, 4.69) is 9.47 Å². The highest BCUT2D eigenvalue weighted by molar-refractivity contribution is 5.95. The van der Waals surface area contributed by atoms with Gasteiger partial charge >= 0.3 is 12.1 Å². The molecular weight excluding hydrogens is 276 g/mol. The molecule has 6 heteroatoms. The number of cyclic esters (lactones) is 1. The van der Waals surface area contributed by atoms with E-state index in [9.17, 15) is 14.7 Å². The Morgan fingerprint density at radius 3 is 2.52 bits per heavy atom. The third-order valence-corrected chi connectivity index (χ3v) is 2.67. The summed E-state index contributed by atoms with van der Waals surface area (Å²) in [4.78, 5) is 21.5. The molecule has 6 nitrogen and oxygen atoms in total. The molecule has 116 valence electrons. The summed E-state index contributed by atoms with van der Waals surface area (Å²) >= 11 is 0. The summed E-state index contributed by atoms with van der Waals surface area (Å²) in [5.41, 5.74) is 1.18. The Hall–Kier alpha value is -2.24. The molecule has 0 bridgehead atoms. The van der Waals surface area contributed by atoms with Gasteiger partial charge in [-0.3, -0.25) is 0 Å². The molecule has 1 aromatic rings. The lowest BCUT2D eigenvalue weighted by Gasteiger charge is -2.21.